The van der Waals surface area contributed by atoms with Crippen LogP contribution in [-0.4, -0.2) is 6.29 Å². The molecule has 0 aliphatic heterocycles. The third kappa shape index (κ3) is 6.97. The highest BCUT2D eigenvalue weighted by molar-refractivity contribution is 5.49. The predicted octanol–water partition coefficient (Wildman–Crippen LogP) is 1.54. The molecule has 0 N–H and O–H groups in total. The minimum absolute atomic E-state index is 0.599. The largest absolute Gasteiger partial charge is 0.303 e. The van der Waals surface area contributed by atoms with Crippen LogP contribution in [0.25, 0.3) is 0 Å². The Morgan fingerprint density at radius 1 is 1.44 bits per heavy atom. The molecule has 0 aliphatic carbocycles. The van der Waals surface area contributed by atoms with Gasteiger partial charge in [-0.1, -0.05) is 12.0 Å². The molecule has 0 saturated heterocycles. The highest BCUT2D eigenvalue weighted by atomic mass is 16.1. The zero-order valence-electron chi connectivity index (χ0n) is 5.55. The number of carbonyl (C=O) groups excluding carboxylic acids is 1. The summed E-state index contributed by atoms with van der Waals surface area (Å²) < 4.78 is 0. The van der Waals surface area contributed by atoms with Gasteiger partial charge in [0.15, 0.2) is 0 Å². The van der Waals surface area contributed by atoms with Crippen LogP contribution >= 0.6 is 0 Å². The fourth-order valence-electron chi connectivity index (χ4n) is 0.390. The second-order valence-electron chi connectivity index (χ2n) is 1.54. The van der Waals surface area contributed by atoms with Crippen LogP contribution in [0.3, 0.4) is 0 Å². The molecule has 0 aliphatic rings. The van der Waals surface area contributed by atoms with E-state index in [9.17, 15) is 4.79 Å². The van der Waals surface area contributed by atoms with Gasteiger partial charge in [-0.15, -0.1) is 5.92 Å². The van der Waals surface area contributed by atoms with E-state index in [0.717, 1.165) is 12.7 Å². The highest BCUT2D eigenvalue weighted by Gasteiger charge is 1.73. The quantitative estimate of drug-likeness (QED) is 0.315. The molecule has 9 heavy (non-hydrogen) atoms. The van der Waals surface area contributed by atoms with Crippen molar-refractivity contribution in [3.8, 4) is 11.8 Å². The van der Waals surface area contributed by atoms with Crippen LogP contribution in [-0.2, 0) is 4.79 Å². The van der Waals surface area contributed by atoms with Gasteiger partial charge in [0.05, 0.1) is 0 Å². The van der Waals surface area contributed by atoms with Crippen LogP contribution in [0.15, 0.2) is 12.2 Å². The standard InChI is InChI=1S/C8H10O/c1-2-3-4-5-6-7-8-9/h4-5,8H,6-7H2,1H3/b5-4-. The summed E-state index contributed by atoms with van der Waals surface area (Å²) in [5, 5.41) is 0. The lowest BCUT2D eigenvalue weighted by Crippen LogP contribution is -1.68. The topological polar surface area (TPSA) is 17.1 Å². The van der Waals surface area contributed by atoms with Crippen LogP contribution < -0.4 is 0 Å². The van der Waals surface area contributed by atoms with Crippen molar-refractivity contribution in [2.24, 2.45) is 0 Å². The average Bonchev–Trinajstić information content (AvgIpc) is 1.89. The molecule has 0 radical (unpaired) electrons. The zero-order valence-corrected chi connectivity index (χ0v) is 5.55. The first-order valence-electron chi connectivity index (χ1n) is 2.92. The fraction of sp³-hybridized carbons (Fsp3) is 0.375. The van der Waals surface area contributed by atoms with E-state index >= 15 is 0 Å². The average molecular weight is 122 g/mol. The number of allylic oxidation sites excluding steroid dienone is 2. The third-order valence-corrected chi connectivity index (χ3v) is 0.797. The summed E-state index contributed by atoms with van der Waals surface area (Å²) in [7, 11) is 0. The van der Waals surface area contributed by atoms with Gasteiger partial charge in [-0.05, 0) is 19.4 Å². The smallest absolute Gasteiger partial charge is 0.120 e. The molecule has 0 aromatic rings. The first kappa shape index (κ1) is 7.97. The molecule has 0 fully saturated rings. The lowest BCUT2D eigenvalue weighted by Gasteiger charge is -1.76. The van der Waals surface area contributed by atoms with Crippen molar-refractivity contribution < 1.29 is 4.79 Å². The van der Waals surface area contributed by atoms with Gasteiger partial charge in [0.25, 0.3) is 0 Å². The summed E-state index contributed by atoms with van der Waals surface area (Å²) in [4.78, 5) is 9.77. The zero-order chi connectivity index (χ0) is 6.95. The number of aldehydes is 1. The van der Waals surface area contributed by atoms with Gasteiger partial charge in [0.2, 0.25) is 0 Å². The molecule has 0 spiro atoms. The first-order valence-corrected chi connectivity index (χ1v) is 2.92. The Morgan fingerprint density at radius 2 is 2.22 bits per heavy atom. The van der Waals surface area contributed by atoms with Gasteiger partial charge < -0.3 is 4.79 Å². The number of carbonyl (C=O) groups is 1. The molecular formula is C8H10O. The maximum Gasteiger partial charge on any atom is 0.120 e. The fourth-order valence-corrected chi connectivity index (χ4v) is 0.390. The second kappa shape index (κ2) is 6.97. The summed E-state index contributed by atoms with van der Waals surface area (Å²) in [6.45, 7) is 1.78. The maximum absolute atomic E-state index is 9.77. The molecule has 1 nitrogen and oxygen atoms in total. The lowest BCUT2D eigenvalue weighted by molar-refractivity contribution is -0.107. The van der Waals surface area contributed by atoms with E-state index in [0.29, 0.717) is 6.42 Å². The molecule has 1 heteroatoms. The van der Waals surface area contributed by atoms with E-state index in [1.807, 2.05) is 6.08 Å². The molecule has 0 heterocycles. The number of hydrogen-bond acceptors (Lipinski definition) is 1. The van der Waals surface area contributed by atoms with E-state index in [2.05, 4.69) is 11.8 Å². The van der Waals surface area contributed by atoms with Crippen LogP contribution in [0.5, 0.6) is 0 Å². The normalized spacial score (nSPS) is 8.56. The minimum atomic E-state index is 0.599. The Hall–Kier alpha value is -1.03. The molecule has 48 valence electrons. The van der Waals surface area contributed by atoms with Crippen molar-refractivity contribution in [1.29, 1.82) is 0 Å². The monoisotopic (exact) mass is 122 g/mol. The summed E-state index contributed by atoms with van der Waals surface area (Å²) in [6.07, 6.45) is 5.97. The molecule has 0 aromatic carbocycles. The SMILES string of the molecule is CC#C/C=C\CCC=O. The summed E-state index contributed by atoms with van der Waals surface area (Å²) in [5.74, 6) is 5.48. The minimum Gasteiger partial charge on any atom is -0.303 e. The Labute approximate surface area is 55.8 Å². The first-order chi connectivity index (χ1) is 4.41. The van der Waals surface area contributed by atoms with Gasteiger partial charge in [0.1, 0.15) is 6.29 Å². The Kier molecular flexibility index (Phi) is 6.17. The molecule has 0 unspecified atom stereocenters. The summed E-state index contributed by atoms with van der Waals surface area (Å²) in [5.41, 5.74) is 0. The Morgan fingerprint density at radius 3 is 2.78 bits per heavy atom. The van der Waals surface area contributed by atoms with Crippen molar-refractivity contribution in [2.45, 2.75) is 19.8 Å². The van der Waals surface area contributed by atoms with E-state index in [-0.39, 0.29) is 0 Å². The Bertz CT molecular complexity index is 146. The molecule has 0 aromatic heterocycles. The summed E-state index contributed by atoms with van der Waals surface area (Å²) in [6, 6.07) is 0. The second-order valence-corrected chi connectivity index (χ2v) is 1.54. The van der Waals surface area contributed by atoms with Crippen molar-refractivity contribution in [1.82, 2.24) is 0 Å². The van der Waals surface area contributed by atoms with Gasteiger partial charge in [-0.3, -0.25) is 0 Å². The van der Waals surface area contributed by atoms with E-state index in [1.165, 1.54) is 0 Å². The number of unbranched alkanes of at least 4 members (excludes halogenated alkanes) is 1. The van der Waals surface area contributed by atoms with Crippen LogP contribution in [0.2, 0.25) is 0 Å². The third-order valence-electron chi connectivity index (χ3n) is 0.797. The van der Waals surface area contributed by atoms with Crippen LogP contribution in [0.1, 0.15) is 19.8 Å². The Balaban J connectivity index is 3.21. The molecule has 0 amide bonds. The van der Waals surface area contributed by atoms with Gasteiger partial charge in [-0.25, -0.2) is 0 Å². The van der Waals surface area contributed by atoms with Crippen LogP contribution in [0, 0.1) is 11.8 Å². The van der Waals surface area contributed by atoms with Gasteiger partial charge in [-0.2, -0.15) is 0 Å². The van der Waals surface area contributed by atoms with Crippen LogP contribution in [0.4, 0.5) is 0 Å². The molecule has 0 bridgehead atoms. The van der Waals surface area contributed by atoms with Gasteiger partial charge in [0, 0.05) is 6.42 Å². The van der Waals surface area contributed by atoms with Crippen molar-refractivity contribution in [3.05, 3.63) is 12.2 Å². The molecule has 0 rings (SSSR count). The molecule has 0 atom stereocenters. The summed E-state index contributed by atoms with van der Waals surface area (Å²) >= 11 is 0. The predicted molar refractivity (Wildman–Crippen MR) is 37.9 cm³/mol. The molecular weight excluding hydrogens is 112 g/mol. The lowest BCUT2D eigenvalue weighted by atomic mass is 10.3. The van der Waals surface area contributed by atoms with Crippen molar-refractivity contribution in [2.75, 3.05) is 0 Å². The highest BCUT2D eigenvalue weighted by Crippen LogP contribution is 1.84. The van der Waals surface area contributed by atoms with E-state index < -0.39 is 0 Å². The number of hydrogen-bond donors (Lipinski definition) is 0. The maximum atomic E-state index is 9.77. The molecule has 0 saturated carbocycles. The number of rotatable bonds is 3. The van der Waals surface area contributed by atoms with E-state index in [4.69, 9.17) is 0 Å². The van der Waals surface area contributed by atoms with Gasteiger partial charge >= 0.3 is 0 Å². The van der Waals surface area contributed by atoms with Crippen molar-refractivity contribution >= 4 is 6.29 Å². The van der Waals surface area contributed by atoms with E-state index in [1.54, 1.807) is 13.0 Å². The van der Waals surface area contributed by atoms with Crippen molar-refractivity contribution in [3.63, 3.8) is 0 Å².